The van der Waals surface area contributed by atoms with Gasteiger partial charge in [0, 0.05) is 36.8 Å². The lowest BCUT2D eigenvalue weighted by atomic mass is 10.1. The zero-order chi connectivity index (χ0) is 24.6. The van der Waals surface area contributed by atoms with Crippen LogP contribution in [0.1, 0.15) is 49.7 Å². The molecule has 9 heteroatoms. The highest BCUT2D eigenvalue weighted by atomic mass is 35.5. The third kappa shape index (κ3) is 6.43. The Morgan fingerprint density at radius 1 is 0.833 bits per heavy atom. The third-order valence-electron chi connectivity index (χ3n) is 6.48. The van der Waals surface area contributed by atoms with Crippen molar-refractivity contribution in [1.29, 1.82) is 0 Å². The second-order valence-corrected chi connectivity index (χ2v) is 9.58. The minimum atomic E-state index is 0.405. The van der Waals surface area contributed by atoms with Crippen LogP contribution in [0.3, 0.4) is 0 Å². The molecule has 0 atom stereocenters. The fourth-order valence-corrected chi connectivity index (χ4v) is 4.69. The van der Waals surface area contributed by atoms with Gasteiger partial charge < -0.3 is 14.5 Å². The smallest absolute Gasteiger partial charge is 0.250 e. The number of aromatic nitrogens is 3. The van der Waals surface area contributed by atoms with Crippen LogP contribution in [-0.4, -0.2) is 47.3 Å². The maximum atomic E-state index is 6.24. The van der Waals surface area contributed by atoms with Crippen LogP contribution in [0.5, 0.6) is 5.75 Å². The molecule has 2 fully saturated rings. The minimum Gasteiger partial charge on any atom is -0.489 e. The van der Waals surface area contributed by atoms with Crippen molar-refractivity contribution in [3.8, 4) is 5.75 Å². The number of piperidine rings is 2. The van der Waals surface area contributed by atoms with Gasteiger partial charge >= 0.3 is 0 Å². The molecule has 0 saturated carbocycles. The van der Waals surface area contributed by atoms with Crippen molar-refractivity contribution in [3.05, 3.63) is 64.7 Å². The Kier molecular flexibility index (Phi) is 8.13. The van der Waals surface area contributed by atoms with Crippen molar-refractivity contribution >= 4 is 35.7 Å². The summed E-state index contributed by atoms with van der Waals surface area (Å²) in [6, 6.07) is 15.5. The van der Waals surface area contributed by atoms with Crippen LogP contribution in [0.4, 0.5) is 17.8 Å². The van der Waals surface area contributed by atoms with Crippen LogP contribution < -0.4 is 20.0 Å². The molecule has 0 aliphatic carbocycles. The molecule has 0 unspecified atom stereocenters. The number of rotatable bonds is 8. The van der Waals surface area contributed by atoms with E-state index in [9.17, 15) is 0 Å². The van der Waals surface area contributed by atoms with Crippen molar-refractivity contribution in [2.45, 2.75) is 45.1 Å². The first-order valence-electron chi connectivity index (χ1n) is 12.8. The first kappa shape index (κ1) is 24.3. The van der Waals surface area contributed by atoms with Gasteiger partial charge in [-0.25, -0.2) is 5.43 Å². The summed E-state index contributed by atoms with van der Waals surface area (Å²) in [5, 5.41) is 5.12. The fraction of sp³-hybridized carbons (Fsp3) is 0.407. The zero-order valence-electron chi connectivity index (χ0n) is 20.4. The Labute approximate surface area is 217 Å². The lowest BCUT2D eigenvalue weighted by Gasteiger charge is -2.30. The van der Waals surface area contributed by atoms with E-state index in [2.05, 4.69) is 30.3 Å². The second kappa shape index (κ2) is 12.0. The van der Waals surface area contributed by atoms with Gasteiger partial charge in [-0.2, -0.15) is 20.1 Å². The molecule has 2 saturated heterocycles. The lowest BCUT2D eigenvalue weighted by molar-refractivity contribution is 0.306. The molecule has 2 aliphatic heterocycles. The second-order valence-electron chi connectivity index (χ2n) is 9.18. The molecule has 36 heavy (non-hydrogen) atoms. The monoisotopic (exact) mass is 505 g/mol. The number of ether oxygens (including phenoxy) is 1. The van der Waals surface area contributed by atoms with Gasteiger partial charge in [-0.05, 0) is 62.3 Å². The Morgan fingerprint density at radius 3 is 2.17 bits per heavy atom. The van der Waals surface area contributed by atoms with Gasteiger partial charge in [0.15, 0.2) is 0 Å². The van der Waals surface area contributed by atoms with E-state index in [1.165, 1.54) is 38.5 Å². The SMILES string of the molecule is Clc1ccccc1COc1cccc(/C=N/Nc2nc(N3CCCCC3)nc(N3CCCCC3)n2)c1. The summed E-state index contributed by atoms with van der Waals surface area (Å²) >= 11 is 6.24. The molecule has 5 rings (SSSR count). The number of halogens is 1. The summed E-state index contributed by atoms with van der Waals surface area (Å²) < 4.78 is 5.93. The number of nitrogens with one attached hydrogen (secondary N) is 1. The zero-order valence-corrected chi connectivity index (χ0v) is 21.2. The molecule has 2 aliphatic rings. The molecule has 3 heterocycles. The fourth-order valence-electron chi connectivity index (χ4n) is 4.50. The van der Waals surface area contributed by atoms with Crippen LogP contribution in [0.2, 0.25) is 5.02 Å². The van der Waals surface area contributed by atoms with Crippen molar-refractivity contribution < 1.29 is 4.74 Å². The Bertz CT molecular complexity index is 1140. The van der Waals surface area contributed by atoms with E-state index in [-0.39, 0.29) is 0 Å². The summed E-state index contributed by atoms with van der Waals surface area (Å²) in [6.07, 6.45) is 8.93. The Hall–Kier alpha value is -3.39. The van der Waals surface area contributed by atoms with Crippen LogP contribution in [0.15, 0.2) is 53.6 Å². The van der Waals surface area contributed by atoms with E-state index in [1.807, 2.05) is 48.5 Å². The summed E-state index contributed by atoms with van der Waals surface area (Å²) in [5.74, 6) is 2.68. The standard InChI is InChI=1S/C27H32ClN7O/c28-24-13-4-3-11-22(24)20-36-23-12-9-10-21(18-23)19-29-33-25-30-26(34-14-5-1-6-15-34)32-27(31-25)35-16-7-2-8-17-35/h3-4,9-13,18-19H,1-2,5-8,14-17,20H2,(H,30,31,32,33)/b29-19+. The average Bonchev–Trinajstić information content (AvgIpc) is 2.94. The molecule has 2 aromatic carbocycles. The average molecular weight is 506 g/mol. The van der Waals surface area contributed by atoms with E-state index >= 15 is 0 Å². The van der Waals surface area contributed by atoms with Crippen LogP contribution in [0, 0.1) is 0 Å². The maximum Gasteiger partial charge on any atom is 0.250 e. The van der Waals surface area contributed by atoms with E-state index < -0.39 is 0 Å². The Morgan fingerprint density at radius 2 is 1.50 bits per heavy atom. The largest absolute Gasteiger partial charge is 0.489 e. The normalized spacial score (nSPS) is 16.4. The molecule has 1 aromatic heterocycles. The molecule has 3 aromatic rings. The molecule has 0 spiro atoms. The van der Waals surface area contributed by atoms with Crippen molar-refractivity contribution in [2.75, 3.05) is 41.4 Å². The number of hydrogen-bond acceptors (Lipinski definition) is 8. The van der Waals surface area contributed by atoms with E-state index in [0.717, 1.165) is 55.0 Å². The molecular formula is C27H32ClN7O. The van der Waals surface area contributed by atoms with Gasteiger partial charge in [-0.1, -0.05) is 41.9 Å². The van der Waals surface area contributed by atoms with Crippen LogP contribution in [0.25, 0.3) is 0 Å². The Balaban J connectivity index is 1.27. The molecule has 188 valence electrons. The highest BCUT2D eigenvalue weighted by Gasteiger charge is 2.20. The number of hydrazone groups is 1. The third-order valence-corrected chi connectivity index (χ3v) is 6.85. The lowest BCUT2D eigenvalue weighted by Crippen LogP contribution is -2.34. The molecule has 0 radical (unpaired) electrons. The highest BCUT2D eigenvalue weighted by Crippen LogP contribution is 2.23. The van der Waals surface area contributed by atoms with Crippen LogP contribution >= 0.6 is 11.6 Å². The minimum absolute atomic E-state index is 0.405. The number of nitrogens with zero attached hydrogens (tertiary/aromatic N) is 6. The number of anilines is 3. The van der Waals surface area contributed by atoms with Gasteiger partial charge in [0.2, 0.25) is 17.8 Å². The summed E-state index contributed by atoms with van der Waals surface area (Å²) in [4.78, 5) is 18.7. The van der Waals surface area contributed by atoms with Gasteiger partial charge in [-0.3, -0.25) is 0 Å². The summed E-state index contributed by atoms with van der Waals surface area (Å²) in [7, 11) is 0. The van der Waals surface area contributed by atoms with E-state index in [0.29, 0.717) is 17.6 Å². The number of benzene rings is 2. The molecule has 0 amide bonds. The van der Waals surface area contributed by atoms with E-state index in [1.54, 1.807) is 6.21 Å². The highest BCUT2D eigenvalue weighted by molar-refractivity contribution is 6.31. The van der Waals surface area contributed by atoms with Gasteiger partial charge in [-0.15, -0.1) is 0 Å². The van der Waals surface area contributed by atoms with Gasteiger partial charge in [0.25, 0.3) is 0 Å². The molecule has 0 bridgehead atoms. The summed E-state index contributed by atoms with van der Waals surface area (Å²) in [5.41, 5.74) is 4.88. The topological polar surface area (TPSA) is 78.8 Å². The molecule has 8 nitrogen and oxygen atoms in total. The first-order valence-corrected chi connectivity index (χ1v) is 13.1. The molecule has 1 N–H and O–H groups in total. The maximum absolute atomic E-state index is 6.24. The van der Waals surface area contributed by atoms with Gasteiger partial charge in [0.1, 0.15) is 12.4 Å². The molecular weight excluding hydrogens is 474 g/mol. The van der Waals surface area contributed by atoms with Crippen LogP contribution in [-0.2, 0) is 6.61 Å². The van der Waals surface area contributed by atoms with Crippen molar-refractivity contribution in [2.24, 2.45) is 5.10 Å². The predicted octanol–water partition coefficient (Wildman–Crippen LogP) is 5.53. The quantitative estimate of drug-likeness (QED) is 0.318. The predicted molar refractivity (Wildman–Crippen MR) is 145 cm³/mol. The van der Waals surface area contributed by atoms with Gasteiger partial charge in [0.05, 0.1) is 6.21 Å². The van der Waals surface area contributed by atoms with Crippen molar-refractivity contribution in [1.82, 2.24) is 15.0 Å². The summed E-state index contributed by atoms with van der Waals surface area (Å²) in [6.45, 7) is 4.32. The number of hydrogen-bond donors (Lipinski definition) is 1. The first-order chi connectivity index (χ1) is 17.7. The van der Waals surface area contributed by atoms with Crippen molar-refractivity contribution in [3.63, 3.8) is 0 Å². The van der Waals surface area contributed by atoms with E-state index in [4.69, 9.17) is 21.3 Å².